The summed E-state index contributed by atoms with van der Waals surface area (Å²) in [5, 5.41) is 3.18. The van der Waals surface area contributed by atoms with Crippen LogP contribution in [0.25, 0.3) is 21.8 Å². The third-order valence-corrected chi connectivity index (χ3v) is 6.98. The van der Waals surface area contributed by atoms with Gasteiger partial charge >= 0.3 is 12.4 Å². The van der Waals surface area contributed by atoms with Gasteiger partial charge in [0.05, 0.1) is 21.5 Å². The van der Waals surface area contributed by atoms with E-state index in [0.29, 0.717) is 37.2 Å². The summed E-state index contributed by atoms with van der Waals surface area (Å²) in [4.78, 5) is -0.885. The van der Waals surface area contributed by atoms with Crippen molar-refractivity contribution in [3.05, 3.63) is 41.5 Å². The van der Waals surface area contributed by atoms with Gasteiger partial charge in [-0.15, -0.1) is 0 Å². The summed E-state index contributed by atoms with van der Waals surface area (Å²) in [7, 11) is -4.26. The van der Waals surface area contributed by atoms with E-state index in [1.807, 2.05) is 0 Å². The number of sulfone groups is 1. The number of alkyl halides is 6. The molecule has 0 spiro atoms. The van der Waals surface area contributed by atoms with Gasteiger partial charge in [0.1, 0.15) is 0 Å². The van der Waals surface area contributed by atoms with E-state index in [1.54, 1.807) is 4.57 Å². The monoisotopic (exact) mass is 478 g/mol. The highest BCUT2D eigenvalue weighted by Gasteiger charge is 2.38. The average Bonchev–Trinajstić information content (AvgIpc) is 2.80. The molecule has 11 heteroatoms. The lowest BCUT2D eigenvalue weighted by atomic mass is 10.1. The quantitative estimate of drug-likeness (QED) is 0.492. The van der Waals surface area contributed by atoms with Gasteiger partial charge in [-0.05, 0) is 62.7 Å². The van der Waals surface area contributed by atoms with Crippen LogP contribution in [0.3, 0.4) is 0 Å². The molecule has 1 aromatic heterocycles. The summed E-state index contributed by atoms with van der Waals surface area (Å²) in [6.07, 6.45) is -6.94. The Morgan fingerprint density at radius 2 is 1.59 bits per heavy atom. The van der Waals surface area contributed by atoms with Crippen LogP contribution in [-0.2, 0) is 22.2 Å². The van der Waals surface area contributed by atoms with Crippen LogP contribution in [0, 0.1) is 0 Å². The summed E-state index contributed by atoms with van der Waals surface area (Å²) in [6.45, 7) is 1.38. The van der Waals surface area contributed by atoms with E-state index in [9.17, 15) is 34.8 Å². The van der Waals surface area contributed by atoms with Crippen molar-refractivity contribution in [2.24, 2.45) is 0 Å². The molecule has 1 N–H and O–H groups in total. The van der Waals surface area contributed by atoms with E-state index < -0.39 is 38.2 Å². The summed E-state index contributed by atoms with van der Waals surface area (Å²) in [5.74, 6) is 0. The summed E-state index contributed by atoms with van der Waals surface area (Å²) >= 11 is 0. The lowest BCUT2D eigenvalue weighted by Gasteiger charge is -2.20. The Balaban J connectivity index is 2.14. The maximum atomic E-state index is 13.7. The second-order valence-corrected chi connectivity index (χ2v) is 10.1. The number of nitrogens with one attached hydrogen (secondary N) is 1. The van der Waals surface area contributed by atoms with Gasteiger partial charge in [0.25, 0.3) is 0 Å². The second kappa shape index (κ2) is 7.65. The van der Waals surface area contributed by atoms with Gasteiger partial charge in [-0.2, -0.15) is 26.3 Å². The Hall–Kier alpha value is -2.27. The number of hydrogen-bond donors (Lipinski definition) is 1. The summed E-state index contributed by atoms with van der Waals surface area (Å²) < 4.78 is 107. The lowest BCUT2D eigenvalue weighted by molar-refractivity contribution is -0.140. The minimum atomic E-state index is -4.99. The number of halogens is 6. The molecule has 0 radical (unpaired) electrons. The van der Waals surface area contributed by atoms with Crippen molar-refractivity contribution in [2.45, 2.75) is 42.6 Å². The SMILES string of the molecule is CS(=O)(=O)c1cc2c(cc1C(F)(F)F)c1cc(C(F)(F)F)ccc1n2[C@@H]1CCCNCC1. The van der Waals surface area contributed by atoms with Crippen LogP contribution in [0.15, 0.2) is 35.2 Å². The zero-order valence-electron chi connectivity index (χ0n) is 16.9. The molecule has 0 amide bonds. The second-order valence-electron chi connectivity index (χ2n) is 8.07. The number of benzene rings is 2. The third kappa shape index (κ3) is 4.07. The van der Waals surface area contributed by atoms with Crippen LogP contribution < -0.4 is 5.32 Å². The van der Waals surface area contributed by atoms with E-state index in [0.717, 1.165) is 31.2 Å². The highest BCUT2D eigenvalue weighted by molar-refractivity contribution is 7.90. The van der Waals surface area contributed by atoms with Gasteiger partial charge in [0.15, 0.2) is 9.84 Å². The number of rotatable bonds is 2. The lowest BCUT2D eigenvalue weighted by Crippen LogP contribution is -2.16. The van der Waals surface area contributed by atoms with Crippen LogP contribution in [0.4, 0.5) is 26.3 Å². The molecular formula is C21H20F6N2O2S. The summed E-state index contributed by atoms with van der Waals surface area (Å²) in [6, 6.07) is 4.41. The van der Waals surface area contributed by atoms with E-state index in [-0.39, 0.29) is 22.3 Å². The molecule has 1 aliphatic rings. The van der Waals surface area contributed by atoms with Gasteiger partial charge < -0.3 is 9.88 Å². The highest BCUT2D eigenvalue weighted by Crippen LogP contribution is 2.43. The molecule has 3 aromatic rings. The molecule has 1 saturated heterocycles. The van der Waals surface area contributed by atoms with E-state index in [2.05, 4.69) is 5.32 Å². The Kier molecular flexibility index (Phi) is 5.48. The zero-order chi connectivity index (χ0) is 23.5. The van der Waals surface area contributed by atoms with Crippen molar-refractivity contribution in [1.82, 2.24) is 9.88 Å². The first-order chi connectivity index (χ1) is 14.8. The molecule has 1 aliphatic heterocycles. The fourth-order valence-corrected chi connectivity index (χ4v) is 5.33. The minimum absolute atomic E-state index is 0.0117. The predicted molar refractivity (Wildman–Crippen MR) is 108 cm³/mol. The third-order valence-electron chi connectivity index (χ3n) is 5.85. The fraction of sp³-hybridized carbons (Fsp3) is 0.429. The smallest absolute Gasteiger partial charge is 0.337 e. The minimum Gasteiger partial charge on any atom is -0.337 e. The number of aromatic nitrogens is 1. The van der Waals surface area contributed by atoms with E-state index >= 15 is 0 Å². The first-order valence-corrected chi connectivity index (χ1v) is 11.8. The highest BCUT2D eigenvalue weighted by atomic mass is 32.2. The van der Waals surface area contributed by atoms with Crippen LogP contribution in [0.5, 0.6) is 0 Å². The molecule has 2 aromatic carbocycles. The molecule has 0 unspecified atom stereocenters. The number of hydrogen-bond acceptors (Lipinski definition) is 3. The van der Waals surface area contributed by atoms with Crippen LogP contribution in [0.1, 0.15) is 36.4 Å². The maximum Gasteiger partial charge on any atom is 0.417 e. The van der Waals surface area contributed by atoms with E-state index in [1.165, 1.54) is 6.07 Å². The summed E-state index contributed by atoms with van der Waals surface area (Å²) in [5.41, 5.74) is -1.84. The van der Waals surface area contributed by atoms with Crippen molar-refractivity contribution in [3.63, 3.8) is 0 Å². The zero-order valence-corrected chi connectivity index (χ0v) is 17.8. The number of nitrogens with zero attached hydrogens (tertiary/aromatic N) is 1. The van der Waals surface area contributed by atoms with Crippen molar-refractivity contribution < 1.29 is 34.8 Å². The normalized spacial score (nSPS) is 18.9. The largest absolute Gasteiger partial charge is 0.417 e. The average molecular weight is 478 g/mol. The van der Waals surface area contributed by atoms with Crippen LogP contribution in [-0.4, -0.2) is 32.3 Å². The predicted octanol–water partition coefficient (Wildman–Crippen LogP) is 5.55. The fourth-order valence-electron chi connectivity index (χ4n) is 4.43. The molecule has 1 fully saturated rings. The standard InChI is InChI=1S/C21H20F6N2O2S/c1-32(30,31)19-11-18-15(10-16(19)21(25,26)27)14-9-12(20(22,23)24)4-5-17(14)29(18)13-3-2-7-28-8-6-13/h4-5,9-11,13,28H,2-3,6-8H2,1H3/t13-/m1/s1. The molecule has 1 atom stereocenters. The van der Waals surface area contributed by atoms with Gasteiger partial charge in [-0.3, -0.25) is 0 Å². The first kappa shape index (κ1) is 22.9. The molecule has 0 saturated carbocycles. The molecular weight excluding hydrogens is 458 g/mol. The Morgan fingerprint density at radius 3 is 2.22 bits per heavy atom. The van der Waals surface area contributed by atoms with Gasteiger partial charge in [0.2, 0.25) is 0 Å². The topological polar surface area (TPSA) is 51.1 Å². The van der Waals surface area contributed by atoms with E-state index in [4.69, 9.17) is 0 Å². The van der Waals surface area contributed by atoms with Crippen molar-refractivity contribution in [3.8, 4) is 0 Å². The Labute approximate surface area is 180 Å². The molecule has 2 heterocycles. The molecule has 32 heavy (non-hydrogen) atoms. The van der Waals surface area contributed by atoms with Crippen molar-refractivity contribution >= 4 is 31.6 Å². The Morgan fingerprint density at radius 1 is 0.906 bits per heavy atom. The maximum absolute atomic E-state index is 13.7. The van der Waals surface area contributed by atoms with Gasteiger partial charge in [-0.25, -0.2) is 8.42 Å². The molecule has 4 rings (SSSR count). The number of fused-ring (bicyclic) bond motifs is 3. The van der Waals surface area contributed by atoms with Gasteiger partial charge in [0, 0.05) is 28.6 Å². The molecule has 0 aliphatic carbocycles. The molecule has 0 bridgehead atoms. The van der Waals surface area contributed by atoms with Gasteiger partial charge in [-0.1, -0.05) is 0 Å². The molecule has 174 valence electrons. The van der Waals surface area contributed by atoms with Crippen LogP contribution >= 0.6 is 0 Å². The van der Waals surface area contributed by atoms with Crippen molar-refractivity contribution in [2.75, 3.05) is 19.3 Å². The van der Waals surface area contributed by atoms with Crippen molar-refractivity contribution in [1.29, 1.82) is 0 Å². The first-order valence-electron chi connectivity index (χ1n) is 9.95. The van der Waals surface area contributed by atoms with Crippen LogP contribution in [0.2, 0.25) is 0 Å². The Bertz CT molecular complexity index is 1280. The molecule has 4 nitrogen and oxygen atoms in total.